The maximum atomic E-state index is 12.2. The van der Waals surface area contributed by atoms with Gasteiger partial charge >= 0.3 is 0 Å². The smallest absolute Gasteiger partial charge is 0.238 e. The van der Waals surface area contributed by atoms with Crippen LogP contribution < -0.4 is 14.8 Å². The standard InChI is InChI=1S/C16H24N2O4/c1-11-8-18(9-12(2)22-11)10-16(19)17-14-6-5-13(20-3)7-15(14)21-4/h5-7,11-12H,8-10H2,1-4H3,(H,17,19). The van der Waals surface area contributed by atoms with E-state index in [0.717, 1.165) is 13.1 Å². The Labute approximate surface area is 131 Å². The lowest BCUT2D eigenvalue weighted by Gasteiger charge is -2.34. The van der Waals surface area contributed by atoms with Gasteiger partial charge in [-0.1, -0.05) is 0 Å². The summed E-state index contributed by atoms with van der Waals surface area (Å²) >= 11 is 0. The van der Waals surface area contributed by atoms with Crippen molar-refractivity contribution in [1.82, 2.24) is 4.90 Å². The number of hydrogen-bond acceptors (Lipinski definition) is 5. The molecule has 0 spiro atoms. The molecule has 1 aliphatic rings. The number of nitrogens with one attached hydrogen (secondary N) is 1. The molecule has 6 nitrogen and oxygen atoms in total. The van der Waals surface area contributed by atoms with Gasteiger partial charge in [-0.25, -0.2) is 0 Å². The fourth-order valence-electron chi connectivity index (χ4n) is 2.71. The zero-order valence-electron chi connectivity index (χ0n) is 13.6. The Hall–Kier alpha value is -1.79. The topological polar surface area (TPSA) is 60.0 Å². The van der Waals surface area contributed by atoms with Gasteiger partial charge in [-0.15, -0.1) is 0 Å². The molecule has 2 rings (SSSR count). The number of hydrogen-bond donors (Lipinski definition) is 1. The van der Waals surface area contributed by atoms with Crippen molar-refractivity contribution in [1.29, 1.82) is 0 Å². The van der Waals surface area contributed by atoms with Crippen molar-refractivity contribution in [2.45, 2.75) is 26.1 Å². The number of carbonyl (C=O) groups is 1. The molecule has 1 aliphatic heterocycles. The van der Waals surface area contributed by atoms with Gasteiger partial charge in [0.05, 0.1) is 38.7 Å². The maximum Gasteiger partial charge on any atom is 0.238 e. The van der Waals surface area contributed by atoms with Gasteiger partial charge in [0.1, 0.15) is 11.5 Å². The van der Waals surface area contributed by atoms with E-state index in [-0.39, 0.29) is 18.1 Å². The van der Waals surface area contributed by atoms with E-state index in [1.54, 1.807) is 32.4 Å². The predicted molar refractivity (Wildman–Crippen MR) is 84.6 cm³/mol. The van der Waals surface area contributed by atoms with E-state index < -0.39 is 0 Å². The molecule has 6 heteroatoms. The van der Waals surface area contributed by atoms with E-state index in [2.05, 4.69) is 10.2 Å². The van der Waals surface area contributed by atoms with Crippen molar-refractivity contribution < 1.29 is 19.0 Å². The number of nitrogens with zero attached hydrogens (tertiary/aromatic N) is 1. The average Bonchev–Trinajstić information content (AvgIpc) is 2.46. The summed E-state index contributed by atoms with van der Waals surface area (Å²) in [7, 11) is 3.16. The van der Waals surface area contributed by atoms with Crippen LogP contribution in [-0.2, 0) is 9.53 Å². The normalized spacial score (nSPS) is 22.2. The number of rotatable bonds is 5. The Morgan fingerprint density at radius 2 is 1.95 bits per heavy atom. The van der Waals surface area contributed by atoms with Crippen LogP contribution in [0.5, 0.6) is 11.5 Å². The minimum Gasteiger partial charge on any atom is -0.497 e. The number of morpholine rings is 1. The molecule has 2 atom stereocenters. The first-order chi connectivity index (χ1) is 10.5. The Morgan fingerprint density at radius 3 is 2.55 bits per heavy atom. The van der Waals surface area contributed by atoms with Crippen molar-refractivity contribution in [3.8, 4) is 11.5 Å². The van der Waals surface area contributed by atoms with Crippen molar-refractivity contribution in [2.24, 2.45) is 0 Å². The van der Waals surface area contributed by atoms with E-state index in [9.17, 15) is 4.79 Å². The zero-order valence-corrected chi connectivity index (χ0v) is 13.6. The zero-order chi connectivity index (χ0) is 16.1. The molecule has 1 fully saturated rings. The van der Waals surface area contributed by atoms with Crippen LogP contribution >= 0.6 is 0 Å². The third-order valence-corrected chi connectivity index (χ3v) is 3.55. The van der Waals surface area contributed by atoms with Gasteiger partial charge in [0.2, 0.25) is 5.91 Å². The van der Waals surface area contributed by atoms with Crippen LogP contribution in [0, 0.1) is 0 Å². The molecule has 0 saturated carbocycles. The molecule has 0 aromatic heterocycles. The third kappa shape index (κ3) is 4.35. The van der Waals surface area contributed by atoms with Crippen LogP contribution in [0.3, 0.4) is 0 Å². The number of carbonyl (C=O) groups excluding carboxylic acids is 1. The lowest BCUT2D eigenvalue weighted by atomic mass is 10.2. The molecule has 0 radical (unpaired) electrons. The third-order valence-electron chi connectivity index (χ3n) is 3.55. The number of amides is 1. The molecule has 0 aliphatic carbocycles. The molecule has 1 heterocycles. The first-order valence-corrected chi connectivity index (χ1v) is 7.41. The van der Waals surface area contributed by atoms with Gasteiger partial charge < -0.3 is 19.5 Å². The molecule has 1 amide bonds. The van der Waals surface area contributed by atoms with Gasteiger partial charge in [-0.2, -0.15) is 0 Å². The molecule has 0 bridgehead atoms. The fraction of sp³-hybridized carbons (Fsp3) is 0.562. The highest BCUT2D eigenvalue weighted by Crippen LogP contribution is 2.29. The first-order valence-electron chi connectivity index (χ1n) is 7.41. The molecule has 1 N–H and O–H groups in total. The number of ether oxygens (including phenoxy) is 3. The summed E-state index contributed by atoms with van der Waals surface area (Å²) in [5, 5.41) is 2.89. The van der Waals surface area contributed by atoms with Crippen LogP contribution in [0.4, 0.5) is 5.69 Å². The molecular weight excluding hydrogens is 284 g/mol. The summed E-state index contributed by atoms with van der Waals surface area (Å²) in [6.07, 6.45) is 0.291. The second kappa shape index (κ2) is 7.47. The highest BCUT2D eigenvalue weighted by atomic mass is 16.5. The quantitative estimate of drug-likeness (QED) is 0.898. The summed E-state index contributed by atoms with van der Waals surface area (Å²) in [6.45, 7) is 5.91. The van der Waals surface area contributed by atoms with Crippen molar-refractivity contribution in [3.05, 3.63) is 18.2 Å². The minimum absolute atomic E-state index is 0.0650. The Kier molecular flexibility index (Phi) is 5.63. The molecule has 2 unspecified atom stereocenters. The van der Waals surface area contributed by atoms with Crippen molar-refractivity contribution in [2.75, 3.05) is 39.2 Å². The van der Waals surface area contributed by atoms with E-state index in [0.29, 0.717) is 23.7 Å². The maximum absolute atomic E-state index is 12.2. The van der Waals surface area contributed by atoms with Gasteiger partial charge in [0, 0.05) is 19.2 Å². The summed E-state index contributed by atoms with van der Waals surface area (Å²) in [5.74, 6) is 1.20. The Morgan fingerprint density at radius 1 is 1.27 bits per heavy atom. The largest absolute Gasteiger partial charge is 0.497 e. The average molecular weight is 308 g/mol. The lowest BCUT2D eigenvalue weighted by molar-refractivity contribution is -0.121. The second-order valence-electron chi connectivity index (χ2n) is 5.57. The van der Waals surface area contributed by atoms with E-state index in [4.69, 9.17) is 14.2 Å². The minimum atomic E-state index is -0.0650. The summed E-state index contributed by atoms with van der Waals surface area (Å²) in [6, 6.07) is 5.31. The molecule has 1 aromatic rings. The first kappa shape index (κ1) is 16.6. The lowest BCUT2D eigenvalue weighted by Crippen LogP contribution is -2.48. The van der Waals surface area contributed by atoms with Crippen LogP contribution in [0.15, 0.2) is 18.2 Å². The number of methoxy groups -OCH3 is 2. The van der Waals surface area contributed by atoms with Gasteiger partial charge in [0.25, 0.3) is 0 Å². The van der Waals surface area contributed by atoms with E-state index in [1.165, 1.54) is 0 Å². The highest BCUT2D eigenvalue weighted by molar-refractivity contribution is 5.93. The summed E-state index contributed by atoms with van der Waals surface area (Å²) < 4.78 is 16.1. The van der Waals surface area contributed by atoms with E-state index >= 15 is 0 Å². The van der Waals surface area contributed by atoms with E-state index in [1.807, 2.05) is 13.8 Å². The SMILES string of the molecule is COc1ccc(NC(=O)CN2CC(C)OC(C)C2)c(OC)c1. The molecular formula is C16H24N2O4. The van der Waals surface area contributed by atoms with Crippen LogP contribution in [0.25, 0.3) is 0 Å². The van der Waals surface area contributed by atoms with Crippen LogP contribution in [0.1, 0.15) is 13.8 Å². The van der Waals surface area contributed by atoms with Crippen molar-refractivity contribution in [3.63, 3.8) is 0 Å². The summed E-state index contributed by atoms with van der Waals surface area (Å²) in [4.78, 5) is 14.3. The number of anilines is 1. The highest BCUT2D eigenvalue weighted by Gasteiger charge is 2.23. The summed E-state index contributed by atoms with van der Waals surface area (Å²) in [5.41, 5.74) is 0.641. The molecule has 1 aromatic carbocycles. The number of benzene rings is 1. The molecule has 122 valence electrons. The Bertz CT molecular complexity index is 511. The van der Waals surface area contributed by atoms with Crippen LogP contribution in [0.2, 0.25) is 0 Å². The monoisotopic (exact) mass is 308 g/mol. The predicted octanol–water partition coefficient (Wildman–Crippen LogP) is 1.75. The van der Waals surface area contributed by atoms with Gasteiger partial charge in [-0.05, 0) is 26.0 Å². The van der Waals surface area contributed by atoms with Gasteiger partial charge in [-0.3, -0.25) is 9.69 Å². The fourth-order valence-corrected chi connectivity index (χ4v) is 2.71. The van der Waals surface area contributed by atoms with Crippen LogP contribution in [-0.4, -0.2) is 56.9 Å². The van der Waals surface area contributed by atoms with Gasteiger partial charge in [0.15, 0.2) is 0 Å². The molecule has 22 heavy (non-hydrogen) atoms. The van der Waals surface area contributed by atoms with Crippen molar-refractivity contribution >= 4 is 11.6 Å². The second-order valence-corrected chi connectivity index (χ2v) is 5.57. The molecule has 1 saturated heterocycles. The Balaban J connectivity index is 1.97.